The van der Waals surface area contributed by atoms with Crippen LogP contribution < -0.4 is 0 Å². The Morgan fingerprint density at radius 2 is 2.03 bits per heavy atom. The molecule has 0 amide bonds. The summed E-state index contributed by atoms with van der Waals surface area (Å²) in [6.45, 7) is 6.22. The van der Waals surface area contributed by atoms with Crippen LogP contribution >= 0.6 is 0 Å². The summed E-state index contributed by atoms with van der Waals surface area (Å²) in [7, 11) is 0. The van der Waals surface area contributed by atoms with Gasteiger partial charge in [-0.05, 0) is 61.3 Å². The van der Waals surface area contributed by atoms with E-state index in [1.807, 2.05) is 12.1 Å². The van der Waals surface area contributed by atoms with Crippen molar-refractivity contribution < 1.29 is 23.1 Å². The van der Waals surface area contributed by atoms with Crippen LogP contribution in [0, 0.1) is 35.0 Å². The molecular formula is C27H27F3N2O2. The Labute approximate surface area is 198 Å². The predicted octanol–water partition coefficient (Wildman–Crippen LogP) is 5.80. The first-order valence-electron chi connectivity index (χ1n) is 11.2. The number of aliphatic carboxylic acids is 1. The van der Waals surface area contributed by atoms with Crippen molar-refractivity contribution in [3.05, 3.63) is 71.3 Å². The molecule has 0 saturated carbocycles. The Bertz CT molecular complexity index is 1080. The van der Waals surface area contributed by atoms with Crippen molar-refractivity contribution in [2.24, 2.45) is 11.8 Å². The van der Waals surface area contributed by atoms with Crippen molar-refractivity contribution in [3.63, 3.8) is 0 Å². The smallest absolute Gasteiger partial charge is 0.416 e. The molecule has 3 rings (SSSR count). The molecule has 1 aromatic carbocycles. The number of hydrogen-bond donors (Lipinski definition) is 1. The lowest BCUT2D eigenvalue weighted by atomic mass is 9.78. The van der Waals surface area contributed by atoms with E-state index in [4.69, 9.17) is 5.26 Å². The van der Waals surface area contributed by atoms with Crippen LogP contribution in [0.1, 0.15) is 49.8 Å². The lowest BCUT2D eigenvalue weighted by Crippen LogP contribution is -2.48. The van der Waals surface area contributed by atoms with Crippen molar-refractivity contribution in [2.45, 2.75) is 50.9 Å². The lowest BCUT2D eigenvalue weighted by molar-refractivity contribution is -0.138. The summed E-state index contributed by atoms with van der Waals surface area (Å²) in [5.41, 5.74) is 1.43. The second-order valence-corrected chi connectivity index (χ2v) is 8.90. The average molecular weight is 469 g/mol. The van der Waals surface area contributed by atoms with E-state index < -0.39 is 17.7 Å². The number of likely N-dealkylation sites (tertiary alicyclic amines) is 1. The SMILES string of the molecule is C=C(C)C#C[C@H](c1ccc(C#N)cc1)N1CC[C@@H](CC(=O)O)C[C@H]1C1C=CC(C(F)(F)F)=CC1. The molecular weight excluding hydrogens is 441 g/mol. The highest BCUT2D eigenvalue weighted by Gasteiger charge is 2.39. The second kappa shape index (κ2) is 10.8. The van der Waals surface area contributed by atoms with Gasteiger partial charge in [-0.15, -0.1) is 0 Å². The summed E-state index contributed by atoms with van der Waals surface area (Å²) >= 11 is 0. The fourth-order valence-electron chi connectivity index (χ4n) is 4.69. The number of nitrogens with zero attached hydrogens (tertiary/aromatic N) is 2. The van der Waals surface area contributed by atoms with Gasteiger partial charge in [-0.3, -0.25) is 9.69 Å². The zero-order valence-corrected chi connectivity index (χ0v) is 19.0. The maximum Gasteiger partial charge on any atom is 0.416 e. The van der Waals surface area contributed by atoms with Crippen LogP contribution in [0.5, 0.6) is 0 Å². The number of piperidine rings is 1. The molecule has 0 aromatic heterocycles. The number of alkyl halides is 3. The topological polar surface area (TPSA) is 64.3 Å². The minimum Gasteiger partial charge on any atom is -0.481 e. The number of carboxylic acid groups (broad SMARTS) is 1. The molecule has 0 spiro atoms. The molecule has 2 aliphatic rings. The molecule has 1 N–H and O–H groups in total. The third kappa shape index (κ3) is 6.40. The number of hydrogen-bond acceptors (Lipinski definition) is 3. The molecule has 4 atom stereocenters. The molecule has 1 aliphatic carbocycles. The highest BCUT2D eigenvalue weighted by molar-refractivity contribution is 5.67. The highest BCUT2D eigenvalue weighted by Crippen LogP contribution is 2.40. The van der Waals surface area contributed by atoms with Gasteiger partial charge in [0.2, 0.25) is 0 Å². The lowest BCUT2D eigenvalue weighted by Gasteiger charge is -2.45. The first-order chi connectivity index (χ1) is 16.1. The number of halogens is 3. The van der Waals surface area contributed by atoms with Crippen LogP contribution in [0.4, 0.5) is 13.2 Å². The molecule has 34 heavy (non-hydrogen) atoms. The fraction of sp³-hybridized carbons (Fsp3) is 0.407. The molecule has 7 heteroatoms. The monoisotopic (exact) mass is 468 g/mol. The maximum absolute atomic E-state index is 13.1. The molecule has 0 bridgehead atoms. The number of carboxylic acids is 1. The van der Waals surface area contributed by atoms with Crippen LogP contribution in [0.15, 0.2) is 60.2 Å². The molecule has 0 radical (unpaired) electrons. The summed E-state index contributed by atoms with van der Waals surface area (Å²) in [5, 5.41) is 18.5. The van der Waals surface area contributed by atoms with E-state index in [0.29, 0.717) is 30.5 Å². The molecule has 1 aromatic rings. The zero-order valence-electron chi connectivity index (χ0n) is 19.0. The Hall–Kier alpha value is -3.29. The summed E-state index contributed by atoms with van der Waals surface area (Å²) in [5.74, 6) is 5.17. The van der Waals surface area contributed by atoms with Crippen molar-refractivity contribution in [3.8, 4) is 17.9 Å². The van der Waals surface area contributed by atoms with Crippen molar-refractivity contribution in [1.29, 1.82) is 5.26 Å². The van der Waals surface area contributed by atoms with Gasteiger partial charge in [0.15, 0.2) is 0 Å². The average Bonchev–Trinajstić information content (AvgIpc) is 2.79. The first-order valence-corrected chi connectivity index (χ1v) is 11.2. The Kier molecular flexibility index (Phi) is 8.02. The van der Waals surface area contributed by atoms with Gasteiger partial charge in [0.25, 0.3) is 0 Å². The van der Waals surface area contributed by atoms with E-state index in [0.717, 1.165) is 11.6 Å². The second-order valence-electron chi connectivity index (χ2n) is 8.90. The third-order valence-electron chi connectivity index (χ3n) is 6.32. The van der Waals surface area contributed by atoms with Crippen molar-refractivity contribution >= 4 is 5.97 Å². The molecule has 1 unspecified atom stereocenters. The molecule has 1 fully saturated rings. The van der Waals surface area contributed by atoms with Crippen LogP contribution in [-0.4, -0.2) is 34.7 Å². The molecule has 4 nitrogen and oxygen atoms in total. The number of allylic oxidation sites excluding steroid dienone is 4. The van der Waals surface area contributed by atoms with E-state index >= 15 is 0 Å². The third-order valence-corrected chi connectivity index (χ3v) is 6.32. The summed E-state index contributed by atoms with van der Waals surface area (Å²) < 4.78 is 39.4. The fourth-order valence-corrected chi connectivity index (χ4v) is 4.69. The molecule has 1 aliphatic heterocycles. The minimum absolute atomic E-state index is 0.0311. The Morgan fingerprint density at radius 3 is 2.56 bits per heavy atom. The van der Waals surface area contributed by atoms with Gasteiger partial charge in [-0.1, -0.05) is 48.8 Å². The molecule has 1 heterocycles. The summed E-state index contributed by atoms with van der Waals surface area (Å²) in [4.78, 5) is 13.5. The van der Waals surface area contributed by atoms with E-state index in [9.17, 15) is 23.1 Å². The largest absolute Gasteiger partial charge is 0.481 e. The van der Waals surface area contributed by atoms with Gasteiger partial charge in [0.1, 0.15) is 0 Å². The van der Waals surface area contributed by atoms with E-state index in [1.54, 1.807) is 25.1 Å². The Balaban J connectivity index is 1.96. The number of rotatable bonds is 5. The number of benzene rings is 1. The van der Waals surface area contributed by atoms with Gasteiger partial charge >= 0.3 is 12.1 Å². The summed E-state index contributed by atoms with van der Waals surface area (Å²) in [6, 6.07) is 8.68. The van der Waals surface area contributed by atoms with Gasteiger partial charge in [0, 0.05) is 19.0 Å². The quantitative estimate of drug-likeness (QED) is 0.555. The van der Waals surface area contributed by atoms with Gasteiger partial charge in [-0.25, -0.2) is 0 Å². The zero-order chi connectivity index (χ0) is 24.9. The van der Waals surface area contributed by atoms with Crippen molar-refractivity contribution in [2.75, 3.05) is 6.54 Å². The molecule has 1 saturated heterocycles. The van der Waals surface area contributed by atoms with Crippen LogP contribution in [0.3, 0.4) is 0 Å². The van der Waals surface area contributed by atoms with Gasteiger partial charge in [-0.2, -0.15) is 18.4 Å². The van der Waals surface area contributed by atoms with Crippen molar-refractivity contribution in [1.82, 2.24) is 4.90 Å². The van der Waals surface area contributed by atoms with Gasteiger partial charge in [0.05, 0.1) is 23.2 Å². The highest BCUT2D eigenvalue weighted by atomic mass is 19.4. The molecule has 178 valence electrons. The van der Waals surface area contributed by atoms with Crippen LogP contribution in [0.25, 0.3) is 0 Å². The van der Waals surface area contributed by atoms with Crippen LogP contribution in [0.2, 0.25) is 0 Å². The van der Waals surface area contributed by atoms with Gasteiger partial charge < -0.3 is 5.11 Å². The van der Waals surface area contributed by atoms with E-state index in [2.05, 4.69) is 29.4 Å². The van der Waals surface area contributed by atoms with E-state index in [1.165, 1.54) is 6.08 Å². The normalized spacial score (nSPS) is 23.7. The first kappa shape index (κ1) is 25.3. The Morgan fingerprint density at radius 1 is 1.32 bits per heavy atom. The standard InChI is InChI=1S/C27H27F3N2O2/c1-18(2)3-12-24(21-6-4-19(17-31)5-7-21)32-14-13-20(16-26(33)34)15-25(32)22-8-10-23(11-9-22)27(28,29)30/h4-8,10-11,20,22,24-25H,1,9,13-16H2,2H3,(H,33,34)/t20-,22?,24-,25+/m1/s1. The number of carbonyl (C=O) groups is 1. The summed E-state index contributed by atoms with van der Waals surface area (Å²) in [6.07, 6.45) is 1.03. The number of nitriles is 1. The van der Waals surface area contributed by atoms with E-state index in [-0.39, 0.29) is 36.8 Å². The predicted molar refractivity (Wildman–Crippen MR) is 123 cm³/mol. The van der Waals surface area contributed by atoms with Crippen LogP contribution in [-0.2, 0) is 4.79 Å². The maximum atomic E-state index is 13.1. The minimum atomic E-state index is -4.39.